The predicted molar refractivity (Wildman–Crippen MR) is 70.7 cm³/mol. The molecule has 0 bridgehead atoms. The average molecular weight is 269 g/mol. The quantitative estimate of drug-likeness (QED) is 0.907. The number of nitrogens with two attached hydrogens (primary N) is 1. The summed E-state index contributed by atoms with van der Waals surface area (Å²) in [7, 11) is 0. The Balaban J connectivity index is 1.94. The topological polar surface area (TPSA) is 55.6 Å². The van der Waals surface area contributed by atoms with E-state index in [-0.39, 0.29) is 12.0 Å². The lowest BCUT2D eigenvalue weighted by molar-refractivity contribution is -0.131. The SMILES string of the molecule is C[C@H](N)C(=O)N1CC[C@H](Oc2ccccc2Cl)C1. The Kier molecular flexibility index (Phi) is 4.09. The summed E-state index contributed by atoms with van der Waals surface area (Å²) in [4.78, 5) is 13.5. The van der Waals surface area contributed by atoms with Crippen LogP contribution < -0.4 is 10.5 Å². The standard InChI is InChI=1S/C13H17ClN2O2/c1-9(15)13(17)16-7-6-10(8-16)18-12-5-3-2-4-11(12)14/h2-5,9-10H,6-8,15H2,1H3/t9-,10-/m0/s1. The molecule has 0 spiro atoms. The number of benzene rings is 1. The van der Waals surface area contributed by atoms with Crippen molar-refractivity contribution in [2.45, 2.75) is 25.5 Å². The Labute approximate surface area is 112 Å². The van der Waals surface area contributed by atoms with E-state index in [1.165, 1.54) is 0 Å². The summed E-state index contributed by atoms with van der Waals surface area (Å²) in [5, 5.41) is 0.592. The van der Waals surface area contributed by atoms with E-state index in [2.05, 4.69) is 0 Å². The van der Waals surface area contributed by atoms with Crippen LogP contribution in [0.4, 0.5) is 0 Å². The molecule has 0 saturated carbocycles. The Morgan fingerprint density at radius 1 is 1.56 bits per heavy atom. The summed E-state index contributed by atoms with van der Waals surface area (Å²) >= 11 is 6.03. The predicted octanol–water partition coefficient (Wildman–Crippen LogP) is 1.67. The highest BCUT2D eigenvalue weighted by Crippen LogP contribution is 2.26. The number of amides is 1. The van der Waals surface area contributed by atoms with Crippen LogP contribution in [0.25, 0.3) is 0 Å². The van der Waals surface area contributed by atoms with E-state index in [0.29, 0.717) is 23.9 Å². The van der Waals surface area contributed by atoms with Crippen LogP contribution in [-0.4, -0.2) is 36.0 Å². The van der Waals surface area contributed by atoms with Crippen molar-refractivity contribution in [1.82, 2.24) is 4.90 Å². The van der Waals surface area contributed by atoms with Crippen LogP contribution in [0.2, 0.25) is 5.02 Å². The van der Waals surface area contributed by atoms with Crippen LogP contribution in [0, 0.1) is 0 Å². The number of rotatable bonds is 3. The number of likely N-dealkylation sites (tertiary alicyclic amines) is 1. The molecule has 5 heteroatoms. The van der Waals surface area contributed by atoms with Crippen molar-refractivity contribution in [2.75, 3.05) is 13.1 Å². The molecule has 1 heterocycles. The number of hydrogen-bond acceptors (Lipinski definition) is 3. The van der Waals surface area contributed by atoms with Gasteiger partial charge in [-0.05, 0) is 19.1 Å². The van der Waals surface area contributed by atoms with Crippen molar-refractivity contribution in [1.29, 1.82) is 0 Å². The molecule has 0 aromatic heterocycles. The molecule has 1 aromatic rings. The van der Waals surface area contributed by atoms with Gasteiger partial charge in [0.05, 0.1) is 17.6 Å². The first-order chi connectivity index (χ1) is 8.58. The first-order valence-corrected chi connectivity index (χ1v) is 6.41. The molecule has 2 rings (SSSR count). The van der Waals surface area contributed by atoms with Crippen molar-refractivity contribution in [3.63, 3.8) is 0 Å². The van der Waals surface area contributed by atoms with E-state index < -0.39 is 6.04 Å². The fourth-order valence-corrected chi connectivity index (χ4v) is 2.21. The lowest BCUT2D eigenvalue weighted by atomic mass is 10.3. The van der Waals surface area contributed by atoms with Crippen LogP contribution in [0.5, 0.6) is 5.75 Å². The number of carbonyl (C=O) groups excluding carboxylic acids is 1. The number of halogens is 1. The summed E-state index contributed by atoms with van der Waals surface area (Å²) in [6, 6.07) is 6.90. The van der Waals surface area contributed by atoms with E-state index in [0.717, 1.165) is 6.42 Å². The largest absolute Gasteiger partial charge is 0.487 e. The van der Waals surface area contributed by atoms with E-state index in [9.17, 15) is 4.79 Å². The average Bonchev–Trinajstić information content (AvgIpc) is 2.79. The van der Waals surface area contributed by atoms with Gasteiger partial charge in [-0.15, -0.1) is 0 Å². The number of carbonyl (C=O) groups is 1. The molecule has 0 unspecified atom stereocenters. The van der Waals surface area contributed by atoms with Gasteiger partial charge in [0.15, 0.2) is 0 Å². The van der Waals surface area contributed by atoms with Gasteiger partial charge in [0.2, 0.25) is 5.91 Å². The molecule has 2 atom stereocenters. The number of nitrogens with zero attached hydrogens (tertiary/aromatic N) is 1. The third-order valence-electron chi connectivity index (χ3n) is 2.98. The zero-order chi connectivity index (χ0) is 13.1. The van der Waals surface area contributed by atoms with Gasteiger partial charge < -0.3 is 15.4 Å². The van der Waals surface area contributed by atoms with Crippen LogP contribution in [0.15, 0.2) is 24.3 Å². The fraction of sp³-hybridized carbons (Fsp3) is 0.462. The van der Waals surface area contributed by atoms with Gasteiger partial charge >= 0.3 is 0 Å². The Morgan fingerprint density at radius 2 is 2.28 bits per heavy atom. The summed E-state index contributed by atoms with van der Waals surface area (Å²) < 4.78 is 5.80. The third-order valence-corrected chi connectivity index (χ3v) is 3.29. The Morgan fingerprint density at radius 3 is 2.94 bits per heavy atom. The second-order valence-corrected chi connectivity index (χ2v) is 4.94. The van der Waals surface area contributed by atoms with Crippen molar-refractivity contribution < 1.29 is 9.53 Å². The fourth-order valence-electron chi connectivity index (χ4n) is 2.03. The molecule has 18 heavy (non-hydrogen) atoms. The van der Waals surface area contributed by atoms with Gasteiger partial charge in [-0.1, -0.05) is 23.7 Å². The molecule has 1 saturated heterocycles. The normalized spacial score (nSPS) is 20.8. The second kappa shape index (κ2) is 5.59. The van der Waals surface area contributed by atoms with Gasteiger partial charge in [0.25, 0.3) is 0 Å². The molecule has 0 aliphatic carbocycles. The van der Waals surface area contributed by atoms with Crippen LogP contribution in [-0.2, 0) is 4.79 Å². The molecular weight excluding hydrogens is 252 g/mol. The van der Waals surface area contributed by atoms with Gasteiger partial charge in [-0.2, -0.15) is 0 Å². The Hall–Kier alpha value is -1.26. The summed E-state index contributed by atoms with van der Waals surface area (Å²) in [5.74, 6) is 0.638. The first-order valence-electron chi connectivity index (χ1n) is 6.03. The minimum atomic E-state index is -0.455. The lowest BCUT2D eigenvalue weighted by Gasteiger charge is -2.19. The van der Waals surface area contributed by atoms with E-state index in [1.807, 2.05) is 18.2 Å². The van der Waals surface area contributed by atoms with Gasteiger partial charge in [-0.25, -0.2) is 0 Å². The zero-order valence-electron chi connectivity index (χ0n) is 10.3. The molecule has 1 aromatic carbocycles. The van der Waals surface area contributed by atoms with Crippen LogP contribution >= 0.6 is 11.6 Å². The van der Waals surface area contributed by atoms with Gasteiger partial charge in [0, 0.05) is 13.0 Å². The van der Waals surface area contributed by atoms with Gasteiger partial charge in [0.1, 0.15) is 11.9 Å². The molecule has 1 fully saturated rings. The number of ether oxygens (including phenoxy) is 1. The highest BCUT2D eigenvalue weighted by Gasteiger charge is 2.29. The van der Waals surface area contributed by atoms with E-state index in [4.69, 9.17) is 22.1 Å². The number of para-hydroxylation sites is 1. The summed E-state index contributed by atoms with van der Waals surface area (Å²) in [5.41, 5.74) is 5.58. The minimum Gasteiger partial charge on any atom is -0.487 e. The second-order valence-electron chi connectivity index (χ2n) is 4.53. The molecular formula is C13H17ClN2O2. The highest BCUT2D eigenvalue weighted by atomic mass is 35.5. The third kappa shape index (κ3) is 2.94. The Bertz CT molecular complexity index is 437. The molecule has 98 valence electrons. The monoisotopic (exact) mass is 268 g/mol. The molecule has 0 radical (unpaired) electrons. The lowest BCUT2D eigenvalue weighted by Crippen LogP contribution is -2.41. The highest BCUT2D eigenvalue weighted by molar-refractivity contribution is 6.32. The van der Waals surface area contributed by atoms with Crippen LogP contribution in [0.3, 0.4) is 0 Å². The van der Waals surface area contributed by atoms with Crippen molar-refractivity contribution in [3.05, 3.63) is 29.3 Å². The maximum Gasteiger partial charge on any atom is 0.239 e. The summed E-state index contributed by atoms with van der Waals surface area (Å²) in [6.45, 7) is 2.96. The molecule has 1 amide bonds. The van der Waals surface area contributed by atoms with Gasteiger partial charge in [-0.3, -0.25) is 4.79 Å². The van der Waals surface area contributed by atoms with E-state index >= 15 is 0 Å². The molecule has 2 N–H and O–H groups in total. The minimum absolute atomic E-state index is 0.00685. The molecule has 1 aliphatic heterocycles. The van der Waals surface area contributed by atoms with Crippen molar-refractivity contribution in [2.24, 2.45) is 5.73 Å². The molecule has 1 aliphatic rings. The van der Waals surface area contributed by atoms with Crippen LogP contribution in [0.1, 0.15) is 13.3 Å². The van der Waals surface area contributed by atoms with Crippen molar-refractivity contribution in [3.8, 4) is 5.75 Å². The smallest absolute Gasteiger partial charge is 0.239 e. The van der Waals surface area contributed by atoms with Crippen molar-refractivity contribution >= 4 is 17.5 Å². The number of hydrogen-bond donors (Lipinski definition) is 1. The maximum atomic E-state index is 11.7. The van der Waals surface area contributed by atoms with E-state index in [1.54, 1.807) is 17.9 Å². The maximum absolute atomic E-state index is 11.7. The summed E-state index contributed by atoms with van der Waals surface area (Å²) in [6.07, 6.45) is 0.802. The molecule has 4 nitrogen and oxygen atoms in total. The first kappa shape index (κ1) is 13.2. The zero-order valence-corrected chi connectivity index (χ0v) is 11.1.